The average molecular weight is 210 g/mol. The molecule has 0 amide bonds. The zero-order chi connectivity index (χ0) is 10.0. The number of hydrogen-bond donors (Lipinski definition) is 0. The van der Waals surface area contributed by atoms with Crippen molar-refractivity contribution in [2.75, 3.05) is 0 Å². The Morgan fingerprint density at radius 2 is 2.29 bits per heavy atom. The summed E-state index contributed by atoms with van der Waals surface area (Å²) in [4.78, 5) is 11.8. The summed E-state index contributed by atoms with van der Waals surface area (Å²) in [6.07, 6.45) is 5.52. The molecule has 4 heteroatoms. The van der Waals surface area contributed by atoms with Gasteiger partial charge < -0.3 is 0 Å². The zero-order valence-corrected chi connectivity index (χ0v) is 9.14. The minimum absolute atomic E-state index is 0.156. The molecule has 0 aromatic carbocycles. The second kappa shape index (κ2) is 3.77. The number of Topliss-reactive ketones (excluding diaryl/α,β-unsaturated/α-hetero) is 1. The Balaban J connectivity index is 2.01. The first-order valence-electron chi connectivity index (χ1n) is 5.00. The molecule has 1 heterocycles. The van der Waals surface area contributed by atoms with E-state index in [0.717, 1.165) is 0 Å². The van der Waals surface area contributed by atoms with E-state index in [9.17, 15) is 4.79 Å². The minimum Gasteiger partial charge on any atom is -0.292 e. The van der Waals surface area contributed by atoms with Crippen LogP contribution < -0.4 is 0 Å². The van der Waals surface area contributed by atoms with Gasteiger partial charge in [0.2, 0.25) is 0 Å². The van der Waals surface area contributed by atoms with E-state index in [-0.39, 0.29) is 11.2 Å². The summed E-state index contributed by atoms with van der Waals surface area (Å²) in [7, 11) is 0. The van der Waals surface area contributed by atoms with E-state index in [2.05, 4.69) is 16.5 Å². The maximum Gasteiger partial charge on any atom is 0.184 e. The molecule has 0 bridgehead atoms. The highest BCUT2D eigenvalue weighted by Gasteiger charge is 2.31. The molecule has 1 aliphatic carbocycles. The van der Waals surface area contributed by atoms with Gasteiger partial charge in [-0.2, -0.15) is 0 Å². The van der Waals surface area contributed by atoms with Gasteiger partial charge in [0.05, 0.1) is 0 Å². The summed E-state index contributed by atoms with van der Waals surface area (Å²) >= 11 is 1.24. The van der Waals surface area contributed by atoms with Gasteiger partial charge in [0.25, 0.3) is 0 Å². The Labute approximate surface area is 87.7 Å². The molecular formula is C10H14N2OS. The number of aromatic nitrogens is 2. The van der Waals surface area contributed by atoms with Crippen LogP contribution in [0.5, 0.6) is 0 Å². The molecule has 0 unspecified atom stereocenters. The van der Waals surface area contributed by atoms with Crippen molar-refractivity contribution in [2.24, 2.45) is 5.41 Å². The highest BCUT2D eigenvalue weighted by Crippen LogP contribution is 2.41. The van der Waals surface area contributed by atoms with Crippen molar-refractivity contribution in [1.82, 2.24) is 9.59 Å². The van der Waals surface area contributed by atoms with Gasteiger partial charge in [0, 0.05) is 11.8 Å². The van der Waals surface area contributed by atoms with E-state index in [1.165, 1.54) is 37.2 Å². The number of ketones is 1. The topological polar surface area (TPSA) is 42.9 Å². The number of rotatable bonds is 3. The van der Waals surface area contributed by atoms with E-state index >= 15 is 0 Å². The molecule has 14 heavy (non-hydrogen) atoms. The summed E-state index contributed by atoms with van der Waals surface area (Å²) in [6, 6.07) is 0. The highest BCUT2D eigenvalue weighted by molar-refractivity contribution is 7.03. The largest absolute Gasteiger partial charge is 0.292 e. The maximum absolute atomic E-state index is 11.8. The molecule has 0 atom stereocenters. The summed E-state index contributed by atoms with van der Waals surface area (Å²) in [5, 5.41) is 5.55. The Kier molecular flexibility index (Phi) is 2.63. The molecule has 1 saturated carbocycles. The summed E-state index contributed by atoms with van der Waals surface area (Å²) in [6.45, 7) is 2.21. The van der Waals surface area contributed by atoms with Crippen LogP contribution in [0.25, 0.3) is 0 Å². The monoisotopic (exact) mass is 210 g/mol. The van der Waals surface area contributed by atoms with Gasteiger partial charge in [-0.15, -0.1) is 5.10 Å². The van der Waals surface area contributed by atoms with Crippen molar-refractivity contribution in [2.45, 2.75) is 39.0 Å². The second-order valence-electron chi connectivity index (χ2n) is 4.41. The smallest absolute Gasteiger partial charge is 0.184 e. The molecule has 1 aromatic heterocycles. The lowest BCUT2D eigenvalue weighted by Crippen LogP contribution is -2.17. The van der Waals surface area contributed by atoms with Crippen molar-refractivity contribution in [3.05, 3.63) is 11.1 Å². The SMILES string of the molecule is CC1(CC(=O)c2csnn2)CCCC1. The van der Waals surface area contributed by atoms with Crippen LogP contribution in [0.15, 0.2) is 5.38 Å². The van der Waals surface area contributed by atoms with Gasteiger partial charge in [-0.05, 0) is 29.8 Å². The van der Waals surface area contributed by atoms with E-state index in [4.69, 9.17) is 0 Å². The van der Waals surface area contributed by atoms with E-state index in [1.807, 2.05) is 0 Å². The Hall–Kier alpha value is -0.770. The molecule has 1 aromatic rings. The van der Waals surface area contributed by atoms with Crippen molar-refractivity contribution in [3.63, 3.8) is 0 Å². The predicted octanol–water partition coefficient (Wildman–Crippen LogP) is 2.69. The van der Waals surface area contributed by atoms with Gasteiger partial charge in [0.15, 0.2) is 5.78 Å². The molecule has 0 aliphatic heterocycles. The molecule has 1 fully saturated rings. The molecule has 0 radical (unpaired) electrons. The fourth-order valence-electron chi connectivity index (χ4n) is 2.17. The van der Waals surface area contributed by atoms with Gasteiger partial charge >= 0.3 is 0 Å². The van der Waals surface area contributed by atoms with E-state index < -0.39 is 0 Å². The van der Waals surface area contributed by atoms with Crippen molar-refractivity contribution in [1.29, 1.82) is 0 Å². The number of hydrogen-bond acceptors (Lipinski definition) is 4. The fourth-order valence-corrected chi connectivity index (χ4v) is 2.63. The summed E-state index contributed by atoms with van der Waals surface area (Å²) in [5.74, 6) is 0.156. The minimum atomic E-state index is 0.156. The van der Waals surface area contributed by atoms with Crippen molar-refractivity contribution >= 4 is 17.3 Å². The number of nitrogens with zero attached hydrogens (tertiary/aromatic N) is 2. The van der Waals surface area contributed by atoms with E-state index in [1.54, 1.807) is 5.38 Å². The first-order valence-corrected chi connectivity index (χ1v) is 5.84. The standard InChI is InChI=1S/C10H14N2OS/c1-10(4-2-3-5-10)6-9(13)8-7-14-12-11-8/h7H,2-6H2,1H3. The van der Waals surface area contributed by atoms with Crippen LogP contribution in [-0.2, 0) is 0 Å². The van der Waals surface area contributed by atoms with Crippen molar-refractivity contribution in [3.8, 4) is 0 Å². The molecular weight excluding hydrogens is 196 g/mol. The summed E-state index contributed by atoms with van der Waals surface area (Å²) in [5.41, 5.74) is 0.767. The molecule has 3 nitrogen and oxygen atoms in total. The van der Waals surface area contributed by atoms with Crippen LogP contribution in [0.1, 0.15) is 49.5 Å². The van der Waals surface area contributed by atoms with Crippen LogP contribution in [0.4, 0.5) is 0 Å². The van der Waals surface area contributed by atoms with Crippen LogP contribution in [0.2, 0.25) is 0 Å². The normalized spacial score (nSPS) is 19.8. The molecule has 1 aliphatic rings. The van der Waals surface area contributed by atoms with Crippen LogP contribution in [0.3, 0.4) is 0 Å². The fraction of sp³-hybridized carbons (Fsp3) is 0.700. The van der Waals surface area contributed by atoms with Crippen molar-refractivity contribution < 1.29 is 4.79 Å². The molecule has 0 saturated heterocycles. The lowest BCUT2D eigenvalue weighted by molar-refractivity contribution is 0.0919. The first-order chi connectivity index (χ1) is 6.70. The summed E-state index contributed by atoms with van der Waals surface area (Å²) < 4.78 is 3.71. The highest BCUT2D eigenvalue weighted by atomic mass is 32.1. The van der Waals surface area contributed by atoms with Crippen LogP contribution in [0, 0.1) is 5.41 Å². The molecule has 0 spiro atoms. The molecule has 0 N–H and O–H groups in total. The van der Waals surface area contributed by atoms with Gasteiger partial charge in [-0.25, -0.2) is 0 Å². The lowest BCUT2D eigenvalue weighted by atomic mass is 9.83. The Morgan fingerprint density at radius 1 is 1.57 bits per heavy atom. The van der Waals surface area contributed by atoms with E-state index in [0.29, 0.717) is 12.1 Å². The van der Waals surface area contributed by atoms with Gasteiger partial charge in [-0.1, -0.05) is 24.3 Å². The zero-order valence-electron chi connectivity index (χ0n) is 8.32. The molecule has 2 rings (SSSR count). The third-order valence-electron chi connectivity index (χ3n) is 3.04. The third kappa shape index (κ3) is 2.00. The first kappa shape index (κ1) is 9.77. The predicted molar refractivity (Wildman–Crippen MR) is 55.4 cm³/mol. The lowest BCUT2D eigenvalue weighted by Gasteiger charge is -2.21. The van der Waals surface area contributed by atoms with Crippen LogP contribution in [-0.4, -0.2) is 15.4 Å². The second-order valence-corrected chi connectivity index (χ2v) is 5.02. The number of carbonyl (C=O) groups excluding carboxylic acids is 1. The molecule has 76 valence electrons. The Bertz CT molecular complexity index is 315. The third-order valence-corrected chi connectivity index (χ3v) is 3.55. The average Bonchev–Trinajstić information content (AvgIpc) is 2.74. The quantitative estimate of drug-likeness (QED) is 0.720. The van der Waals surface area contributed by atoms with Gasteiger partial charge in [-0.3, -0.25) is 4.79 Å². The Morgan fingerprint density at radius 3 is 2.86 bits per heavy atom. The van der Waals surface area contributed by atoms with Gasteiger partial charge in [0.1, 0.15) is 5.69 Å². The van der Waals surface area contributed by atoms with Crippen LogP contribution >= 0.6 is 11.5 Å². The maximum atomic E-state index is 11.8. The number of carbonyl (C=O) groups is 1.